The number of hydrogen-bond acceptors (Lipinski definition) is 7. The van der Waals surface area contributed by atoms with Crippen LogP contribution in [0.1, 0.15) is 33.6 Å². The maximum absolute atomic E-state index is 12.4. The van der Waals surface area contributed by atoms with E-state index in [1.54, 1.807) is 7.11 Å². The minimum atomic E-state index is -0.458. The van der Waals surface area contributed by atoms with Crippen molar-refractivity contribution in [3.8, 4) is 16.9 Å². The number of carbonyl (C=O) groups is 1. The fraction of sp³-hybridized carbons (Fsp3) is 0.600. The molecule has 0 aliphatic carbocycles. The summed E-state index contributed by atoms with van der Waals surface area (Å²) in [4.78, 5) is 19.2. The monoisotopic (exact) mass is 470 g/mol. The van der Waals surface area contributed by atoms with E-state index in [2.05, 4.69) is 21.0 Å². The molecule has 4 rings (SSSR count). The van der Waals surface area contributed by atoms with E-state index in [4.69, 9.17) is 15.2 Å². The van der Waals surface area contributed by atoms with Crippen LogP contribution in [-0.4, -0.2) is 83.7 Å². The standard InChI is InChI=1S/C25H38N6O3/c1-25(2,3)34-24(32)31-12-10-29(11-13-31)19-6-8-30(9-7-19)22-15-23(33-5)21(26)14-20(22)18-16-27-28(4)17-18/h14-17,19H,6-13,26H2,1-5H3. The molecule has 2 N–H and O–H groups in total. The zero-order chi connectivity index (χ0) is 24.5. The van der Waals surface area contributed by atoms with Gasteiger partial charge in [-0.05, 0) is 39.7 Å². The minimum absolute atomic E-state index is 0.206. The highest BCUT2D eigenvalue weighted by Crippen LogP contribution is 2.39. The Hall–Kier alpha value is -2.94. The molecule has 2 saturated heterocycles. The number of piperazine rings is 1. The van der Waals surface area contributed by atoms with Crippen molar-refractivity contribution in [3.63, 3.8) is 0 Å². The lowest BCUT2D eigenvalue weighted by Crippen LogP contribution is -2.55. The Morgan fingerprint density at radius 2 is 1.76 bits per heavy atom. The molecule has 2 aliphatic heterocycles. The Labute approximate surface area is 202 Å². The van der Waals surface area contributed by atoms with Crippen molar-refractivity contribution in [2.75, 3.05) is 57.0 Å². The van der Waals surface area contributed by atoms with Gasteiger partial charge in [-0.25, -0.2) is 4.79 Å². The van der Waals surface area contributed by atoms with E-state index in [0.717, 1.165) is 68.9 Å². The summed E-state index contributed by atoms with van der Waals surface area (Å²) in [6.07, 6.45) is 5.84. The number of ether oxygens (including phenoxy) is 2. The highest BCUT2D eigenvalue weighted by atomic mass is 16.6. The number of amides is 1. The summed E-state index contributed by atoms with van der Waals surface area (Å²) < 4.78 is 12.9. The normalized spacial score (nSPS) is 18.3. The predicted octanol–water partition coefficient (Wildman–Crippen LogP) is 3.20. The van der Waals surface area contributed by atoms with E-state index >= 15 is 0 Å². The van der Waals surface area contributed by atoms with Gasteiger partial charge >= 0.3 is 6.09 Å². The number of aromatic nitrogens is 2. The first kappa shape index (κ1) is 24.2. The lowest BCUT2D eigenvalue weighted by molar-refractivity contribution is 0.00902. The third-order valence-corrected chi connectivity index (χ3v) is 6.65. The van der Waals surface area contributed by atoms with Gasteiger partial charge in [0.15, 0.2) is 0 Å². The van der Waals surface area contributed by atoms with E-state index in [9.17, 15) is 4.79 Å². The Morgan fingerprint density at radius 3 is 2.32 bits per heavy atom. The average molecular weight is 471 g/mol. The largest absolute Gasteiger partial charge is 0.495 e. The fourth-order valence-electron chi connectivity index (χ4n) is 4.88. The molecule has 2 fully saturated rings. The van der Waals surface area contributed by atoms with Crippen LogP contribution in [0.25, 0.3) is 11.1 Å². The molecule has 1 aromatic carbocycles. The van der Waals surface area contributed by atoms with Crippen molar-refractivity contribution < 1.29 is 14.3 Å². The zero-order valence-electron chi connectivity index (χ0n) is 21.1. The molecule has 0 saturated carbocycles. The maximum Gasteiger partial charge on any atom is 0.410 e. The number of piperidine rings is 1. The molecule has 9 nitrogen and oxygen atoms in total. The lowest BCUT2D eigenvalue weighted by atomic mass is 9.98. The highest BCUT2D eigenvalue weighted by molar-refractivity contribution is 5.83. The minimum Gasteiger partial charge on any atom is -0.495 e. The number of nitrogen functional groups attached to an aromatic ring is 1. The number of benzene rings is 1. The van der Waals surface area contributed by atoms with Gasteiger partial charge in [0.1, 0.15) is 11.4 Å². The van der Waals surface area contributed by atoms with Crippen molar-refractivity contribution in [1.29, 1.82) is 0 Å². The van der Waals surface area contributed by atoms with Crippen molar-refractivity contribution in [3.05, 3.63) is 24.5 Å². The zero-order valence-corrected chi connectivity index (χ0v) is 21.1. The van der Waals surface area contributed by atoms with Crippen LogP contribution in [0.4, 0.5) is 16.2 Å². The van der Waals surface area contributed by atoms with E-state index in [-0.39, 0.29) is 6.09 Å². The van der Waals surface area contributed by atoms with Gasteiger partial charge in [0, 0.05) is 81.4 Å². The van der Waals surface area contributed by atoms with Crippen molar-refractivity contribution in [2.24, 2.45) is 7.05 Å². The summed E-state index contributed by atoms with van der Waals surface area (Å²) in [5.41, 5.74) is 9.68. The third-order valence-electron chi connectivity index (χ3n) is 6.65. The Bertz CT molecular complexity index is 999. The predicted molar refractivity (Wildman–Crippen MR) is 134 cm³/mol. The molecule has 0 spiro atoms. The molecule has 1 aromatic heterocycles. The summed E-state index contributed by atoms with van der Waals surface area (Å²) >= 11 is 0. The second-order valence-corrected chi connectivity index (χ2v) is 10.2. The number of hydrogen-bond donors (Lipinski definition) is 1. The number of nitrogens with two attached hydrogens (primary N) is 1. The van der Waals surface area contributed by atoms with Crippen LogP contribution in [0.5, 0.6) is 5.75 Å². The third kappa shape index (κ3) is 5.41. The molecule has 186 valence electrons. The lowest BCUT2D eigenvalue weighted by Gasteiger charge is -2.43. The number of aryl methyl sites for hydroxylation is 1. The van der Waals surface area contributed by atoms with Gasteiger partial charge < -0.3 is 25.0 Å². The molecule has 0 atom stereocenters. The maximum atomic E-state index is 12.4. The molecule has 0 radical (unpaired) electrons. The molecule has 2 aromatic rings. The Morgan fingerprint density at radius 1 is 1.09 bits per heavy atom. The fourth-order valence-corrected chi connectivity index (χ4v) is 4.88. The van der Waals surface area contributed by atoms with E-state index in [1.807, 2.05) is 55.9 Å². The smallest absolute Gasteiger partial charge is 0.410 e. The highest BCUT2D eigenvalue weighted by Gasteiger charge is 2.31. The van der Waals surface area contributed by atoms with Crippen molar-refractivity contribution in [2.45, 2.75) is 45.3 Å². The molecule has 2 aliphatic rings. The topological polar surface area (TPSA) is 89.1 Å². The Balaban J connectivity index is 1.39. The molecular formula is C25H38N6O3. The molecular weight excluding hydrogens is 432 g/mol. The van der Waals surface area contributed by atoms with Gasteiger partial charge in [-0.15, -0.1) is 0 Å². The van der Waals surface area contributed by atoms with Crippen LogP contribution in [0.15, 0.2) is 24.5 Å². The van der Waals surface area contributed by atoms with Crippen LogP contribution in [-0.2, 0) is 11.8 Å². The summed E-state index contributed by atoms with van der Waals surface area (Å²) in [5.74, 6) is 0.697. The van der Waals surface area contributed by atoms with Crippen molar-refractivity contribution >= 4 is 17.5 Å². The second-order valence-electron chi connectivity index (χ2n) is 10.2. The first-order valence-electron chi connectivity index (χ1n) is 12.1. The van der Waals surface area contributed by atoms with E-state index in [1.165, 1.54) is 0 Å². The van der Waals surface area contributed by atoms with Crippen LogP contribution in [0.2, 0.25) is 0 Å². The average Bonchev–Trinajstić information content (AvgIpc) is 3.24. The van der Waals surface area contributed by atoms with E-state index < -0.39 is 5.60 Å². The quantitative estimate of drug-likeness (QED) is 0.687. The first-order valence-corrected chi connectivity index (χ1v) is 12.1. The molecule has 9 heteroatoms. The van der Waals surface area contributed by atoms with Gasteiger partial charge in [0.25, 0.3) is 0 Å². The van der Waals surface area contributed by atoms with Crippen molar-refractivity contribution in [1.82, 2.24) is 19.6 Å². The van der Waals surface area contributed by atoms with Gasteiger partial charge in [0.05, 0.1) is 19.0 Å². The molecule has 0 unspecified atom stereocenters. The summed E-state index contributed by atoms with van der Waals surface area (Å²) in [5, 5.41) is 4.35. The summed E-state index contributed by atoms with van der Waals surface area (Å²) in [6, 6.07) is 4.57. The Kier molecular flexibility index (Phi) is 6.93. The number of nitrogens with zero attached hydrogens (tertiary/aromatic N) is 5. The van der Waals surface area contributed by atoms with Crippen LogP contribution in [0.3, 0.4) is 0 Å². The number of methoxy groups -OCH3 is 1. The number of carbonyl (C=O) groups excluding carboxylic acids is 1. The number of anilines is 2. The first-order chi connectivity index (χ1) is 16.1. The SMILES string of the molecule is COc1cc(N2CCC(N3CCN(C(=O)OC(C)(C)C)CC3)CC2)c(-c2cnn(C)c2)cc1N. The molecule has 3 heterocycles. The van der Waals surface area contributed by atoms with Gasteiger partial charge in [0.2, 0.25) is 0 Å². The number of rotatable bonds is 4. The summed E-state index contributed by atoms with van der Waals surface area (Å²) in [6.45, 7) is 10.8. The van der Waals surface area contributed by atoms with Gasteiger partial charge in [-0.3, -0.25) is 9.58 Å². The molecule has 34 heavy (non-hydrogen) atoms. The van der Waals surface area contributed by atoms with Crippen LogP contribution >= 0.6 is 0 Å². The van der Waals surface area contributed by atoms with Gasteiger partial charge in [-0.1, -0.05) is 0 Å². The van der Waals surface area contributed by atoms with Gasteiger partial charge in [-0.2, -0.15) is 5.10 Å². The molecule has 0 bridgehead atoms. The summed E-state index contributed by atoms with van der Waals surface area (Å²) in [7, 11) is 3.58. The van der Waals surface area contributed by atoms with Crippen LogP contribution in [0, 0.1) is 0 Å². The second kappa shape index (κ2) is 9.74. The van der Waals surface area contributed by atoms with E-state index in [0.29, 0.717) is 17.5 Å². The van der Waals surface area contributed by atoms with Crippen LogP contribution < -0.4 is 15.4 Å². The molecule has 1 amide bonds.